The van der Waals surface area contributed by atoms with Crippen LogP contribution in [-0.4, -0.2) is 15.8 Å². The van der Waals surface area contributed by atoms with E-state index in [4.69, 9.17) is 0 Å². The highest BCUT2D eigenvalue weighted by atomic mass is 19.1. The molecule has 0 amide bonds. The lowest BCUT2D eigenvalue weighted by Crippen LogP contribution is -2.26. The van der Waals surface area contributed by atoms with Crippen LogP contribution in [0.15, 0.2) is 36.5 Å². The summed E-state index contributed by atoms with van der Waals surface area (Å²) in [5.41, 5.74) is 2.20. The molecule has 0 unspecified atom stereocenters. The molecule has 0 saturated heterocycles. The molecule has 0 aliphatic heterocycles. The molecular weight excluding hydrogens is 253 g/mol. The minimum Gasteiger partial charge on any atom is -0.308 e. The third kappa shape index (κ3) is 3.07. The highest BCUT2D eigenvalue weighted by Gasteiger charge is 2.25. The molecule has 1 aliphatic carbocycles. The van der Waals surface area contributed by atoms with Crippen LogP contribution in [0.5, 0.6) is 0 Å². The van der Waals surface area contributed by atoms with Gasteiger partial charge in [0.1, 0.15) is 5.82 Å². The Morgan fingerprint density at radius 2 is 2.25 bits per heavy atom. The van der Waals surface area contributed by atoms with Crippen LogP contribution in [0.25, 0.3) is 0 Å². The molecule has 1 aromatic carbocycles. The maximum absolute atomic E-state index is 13.3. The van der Waals surface area contributed by atoms with Gasteiger partial charge in [-0.15, -0.1) is 0 Å². The van der Waals surface area contributed by atoms with E-state index < -0.39 is 0 Å². The average molecular weight is 273 g/mol. The lowest BCUT2D eigenvalue weighted by Gasteiger charge is -2.13. The van der Waals surface area contributed by atoms with E-state index in [1.54, 1.807) is 12.1 Å². The molecule has 2 atom stereocenters. The SMILES string of the molecule is Cn1ccc(CN[C@H]2CC[C@H](c3cccc(F)c3)C2)n1. The molecule has 3 nitrogen and oxygen atoms in total. The van der Waals surface area contributed by atoms with Gasteiger partial charge < -0.3 is 5.32 Å². The van der Waals surface area contributed by atoms with Gasteiger partial charge in [0.2, 0.25) is 0 Å². The van der Waals surface area contributed by atoms with Crippen LogP contribution < -0.4 is 5.32 Å². The van der Waals surface area contributed by atoms with E-state index in [-0.39, 0.29) is 5.82 Å². The molecule has 1 aromatic heterocycles. The van der Waals surface area contributed by atoms with Crippen molar-refractivity contribution in [3.8, 4) is 0 Å². The number of halogens is 1. The van der Waals surface area contributed by atoms with E-state index in [9.17, 15) is 4.39 Å². The fraction of sp³-hybridized carbons (Fsp3) is 0.438. The molecule has 1 heterocycles. The summed E-state index contributed by atoms with van der Waals surface area (Å²) in [6.07, 6.45) is 5.31. The normalized spacial score (nSPS) is 22.3. The molecule has 20 heavy (non-hydrogen) atoms. The summed E-state index contributed by atoms with van der Waals surface area (Å²) in [4.78, 5) is 0. The van der Waals surface area contributed by atoms with Gasteiger partial charge in [-0.3, -0.25) is 4.68 Å². The zero-order valence-corrected chi connectivity index (χ0v) is 11.7. The van der Waals surface area contributed by atoms with Crippen molar-refractivity contribution in [2.75, 3.05) is 0 Å². The number of hydrogen-bond acceptors (Lipinski definition) is 2. The first-order chi connectivity index (χ1) is 9.70. The Balaban J connectivity index is 1.54. The number of aryl methyl sites for hydroxylation is 1. The largest absolute Gasteiger partial charge is 0.308 e. The van der Waals surface area contributed by atoms with Crippen LogP contribution >= 0.6 is 0 Å². The Labute approximate surface area is 118 Å². The molecule has 0 spiro atoms. The Hall–Kier alpha value is -1.68. The molecule has 2 aromatic rings. The van der Waals surface area contributed by atoms with E-state index in [1.807, 2.05) is 30.1 Å². The fourth-order valence-electron chi connectivity index (χ4n) is 3.04. The molecule has 106 valence electrons. The highest BCUT2D eigenvalue weighted by molar-refractivity contribution is 5.22. The van der Waals surface area contributed by atoms with Crippen molar-refractivity contribution < 1.29 is 4.39 Å². The molecule has 1 fully saturated rings. The number of aromatic nitrogens is 2. The molecule has 3 rings (SSSR count). The van der Waals surface area contributed by atoms with Crippen molar-refractivity contribution in [1.29, 1.82) is 0 Å². The zero-order valence-electron chi connectivity index (χ0n) is 11.7. The van der Waals surface area contributed by atoms with E-state index >= 15 is 0 Å². The average Bonchev–Trinajstić information content (AvgIpc) is 3.05. The molecule has 0 bridgehead atoms. The van der Waals surface area contributed by atoms with E-state index in [0.717, 1.165) is 37.1 Å². The third-order valence-electron chi connectivity index (χ3n) is 4.09. The van der Waals surface area contributed by atoms with Crippen LogP contribution in [-0.2, 0) is 13.6 Å². The van der Waals surface area contributed by atoms with Gasteiger partial charge in [0.25, 0.3) is 0 Å². The smallest absolute Gasteiger partial charge is 0.123 e. The zero-order chi connectivity index (χ0) is 13.9. The van der Waals surface area contributed by atoms with Crippen molar-refractivity contribution in [2.24, 2.45) is 7.05 Å². The molecule has 1 saturated carbocycles. The second-order valence-electron chi connectivity index (χ2n) is 5.62. The summed E-state index contributed by atoms with van der Waals surface area (Å²) in [5, 5.41) is 7.92. The minimum absolute atomic E-state index is 0.132. The van der Waals surface area contributed by atoms with Crippen LogP contribution in [0, 0.1) is 5.82 Å². The number of nitrogens with zero attached hydrogens (tertiary/aromatic N) is 2. The second-order valence-corrected chi connectivity index (χ2v) is 5.62. The predicted octanol–water partition coefficient (Wildman–Crippen LogP) is 2.99. The summed E-state index contributed by atoms with van der Waals surface area (Å²) < 4.78 is 15.1. The molecular formula is C16H20FN3. The fourth-order valence-corrected chi connectivity index (χ4v) is 3.04. The standard InChI is InChI=1S/C16H20FN3/c1-20-8-7-16(19-20)11-18-15-6-5-13(10-15)12-3-2-4-14(17)9-12/h2-4,7-9,13,15,18H,5-6,10-11H2,1H3/t13-,15-/m0/s1. The summed E-state index contributed by atoms with van der Waals surface area (Å²) in [7, 11) is 1.93. The molecule has 1 N–H and O–H groups in total. The molecule has 0 radical (unpaired) electrons. The van der Waals surface area contributed by atoms with Gasteiger partial charge in [0, 0.05) is 25.8 Å². The highest BCUT2D eigenvalue weighted by Crippen LogP contribution is 2.34. The van der Waals surface area contributed by atoms with Gasteiger partial charge in [0.05, 0.1) is 5.69 Å². The van der Waals surface area contributed by atoms with Crippen LogP contribution in [0.3, 0.4) is 0 Å². The first kappa shape index (κ1) is 13.3. The first-order valence-corrected chi connectivity index (χ1v) is 7.18. The van der Waals surface area contributed by atoms with Crippen molar-refractivity contribution in [2.45, 2.75) is 37.8 Å². The quantitative estimate of drug-likeness (QED) is 0.928. The molecule has 1 aliphatic rings. The monoisotopic (exact) mass is 273 g/mol. The Kier molecular flexibility index (Phi) is 3.83. The van der Waals surface area contributed by atoms with E-state index in [2.05, 4.69) is 10.4 Å². The summed E-state index contributed by atoms with van der Waals surface area (Å²) in [6.45, 7) is 0.807. The lowest BCUT2D eigenvalue weighted by atomic mass is 9.97. The maximum Gasteiger partial charge on any atom is 0.123 e. The van der Waals surface area contributed by atoms with Crippen LogP contribution in [0.2, 0.25) is 0 Å². The van der Waals surface area contributed by atoms with Gasteiger partial charge >= 0.3 is 0 Å². The topological polar surface area (TPSA) is 29.9 Å². The van der Waals surface area contributed by atoms with Crippen molar-refractivity contribution in [3.63, 3.8) is 0 Å². The van der Waals surface area contributed by atoms with Crippen LogP contribution in [0.1, 0.15) is 36.4 Å². The van der Waals surface area contributed by atoms with Gasteiger partial charge in [0.15, 0.2) is 0 Å². The van der Waals surface area contributed by atoms with Gasteiger partial charge in [-0.2, -0.15) is 5.10 Å². The summed E-state index contributed by atoms with van der Waals surface area (Å²) in [5.74, 6) is 0.347. The number of nitrogens with one attached hydrogen (secondary N) is 1. The Morgan fingerprint density at radius 3 is 3.00 bits per heavy atom. The third-order valence-corrected chi connectivity index (χ3v) is 4.09. The van der Waals surface area contributed by atoms with Crippen molar-refractivity contribution in [3.05, 3.63) is 53.6 Å². The van der Waals surface area contributed by atoms with E-state index in [1.165, 1.54) is 6.07 Å². The second kappa shape index (κ2) is 5.75. The number of rotatable bonds is 4. The first-order valence-electron chi connectivity index (χ1n) is 7.18. The van der Waals surface area contributed by atoms with Gasteiger partial charge in [-0.1, -0.05) is 12.1 Å². The maximum atomic E-state index is 13.3. The number of benzene rings is 1. The van der Waals surface area contributed by atoms with Gasteiger partial charge in [-0.25, -0.2) is 4.39 Å². The van der Waals surface area contributed by atoms with E-state index in [0.29, 0.717) is 12.0 Å². The number of hydrogen-bond donors (Lipinski definition) is 1. The molecule has 4 heteroatoms. The van der Waals surface area contributed by atoms with Gasteiger partial charge in [-0.05, 0) is 48.9 Å². The minimum atomic E-state index is -0.132. The predicted molar refractivity (Wildman–Crippen MR) is 76.8 cm³/mol. The Bertz CT molecular complexity index is 579. The lowest BCUT2D eigenvalue weighted by molar-refractivity contribution is 0.509. The van der Waals surface area contributed by atoms with Crippen LogP contribution in [0.4, 0.5) is 4.39 Å². The summed E-state index contributed by atoms with van der Waals surface area (Å²) >= 11 is 0. The van der Waals surface area contributed by atoms with Crippen molar-refractivity contribution >= 4 is 0 Å². The van der Waals surface area contributed by atoms with Crippen molar-refractivity contribution in [1.82, 2.24) is 15.1 Å². The summed E-state index contributed by atoms with van der Waals surface area (Å²) in [6, 6.07) is 9.56. The Morgan fingerprint density at radius 1 is 1.35 bits per heavy atom.